The number of anilines is 1. The highest BCUT2D eigenvalue weighted by molar-refractivity contribution is 5.79. The minimum absolute atomic E-state index is 0.632. The van der Waals surface area contributed by atoms with Gasteiger partial charge in [0, 0.05) is 46.1 Å². The van der Waals surface area contributed by atoms with Gasteiger partial charge in [-0.2, -0.15) is 0 Å². The molecule has 1 aliphatic heterocycles. The molecule has 2 N–H and O–H groups in total. The number of hydrogen-bond donors (Lipinski definition) is 2. The van der Waals surface area contributed by atoms with Crippen molar-refractivity contribution in [3.05, 3.63) is 23.9 Å². The first-order valence-electron chi connectivity index (χ1n) is 8.54. The molecule has 0 radical (unpaired) electrons. The second-order valence-corrected chi connectivity index (χ2v) is 5.69. The number of ether oxygens (including phenoxy) is 1. The van der Waals surface area contributed by atoms with E-state index < -0.39 is 0 Å². The predicted molar refractivity (Wildman–Crippen MR) is 95.0 cm³/mol. The quantitative estimate of drug-likeness (QED) is 0.434. The fourth-order valence-electron chi connectivity index (χ4n) is 2.58. The number of rotatable bonds is 8. The molecule has 1 aromatic rings. The van der Waals surface area contributed by atoms with Crippen molar-refractivity contribution in [3.8, 4) is 0 Å². The second-order valence-electron chi connectivity index (χ2n) is 5.69. The van der Waals surface area contributed by atoms with E-state index in [9.17, 15) is 0 Å². The van der Waals surface area contributed by atoms with Crippen LogP contribution in [0.25, 0.3) is 0 Å². The lowest BCUT2D eigenvalue weighted by Crippen LogP contribution is -2.38. The fourth-order valence-corrected chi connectivity index (χ4v) is 2.58. The van der Waals surface area contributed by atoms with Crippen LogP contribution in [-0.4, -0.2) is 50.8 Å². The van der Waals surface area contributed by atoms with Crippen LogP contribution in [0.1, 0.15) is 31.7 Å². The van der Waals surface area contributed by atoms with Crippen LogP contribution in [0, 0.1) is 0 Å². The Morgan fingerprint density at radius 3 is 2.78 bits per heavy atom. The summed E-state index contributed by atoms with van der Waals surface area (Å²) in [5.41, 5.74) is 1.13. The van der Waals surface area contributed by atoms with Crippen LogP contribution in [0.4, 0.5) is 5.82 Å². The monoisotopic (exact) mass is 319 g/mol. The van der Waals surface area contributed by atoms with E-state index in [1.165, 1.54) is 12.8 Å². The highest BCUT2D eigenvalue weighted by atomic mass is 16.5. The van der Waals surface area contributed by atoms with E-state index in [1.807, 2.05) is 6.20 Å². The average Bonchev–Trinajstić information content (AvgIpc) is 3.11. The van der Waals surface area contributed by atoms with Gasteiger partial charge in [0.1, 0.15) is 5.82 Å². The van der Waals surface area contributed by atoms with Gasteiger partial charge >= 0.3 is 0 Å². The van der Waals surface area contributed by atoms with Gasteiger partial charge in [-0.3, -0.25) is 0 Å². The molecule has 6 heteroatoms. The van der Waals surface area contributed by atoms with Crippen molar-refractivity contribution in [1.29, 1.82) is 0 Å². The van der Waals surface area contributed by atoms with Gasteiger partial charge in [-0.25, -0.2) is 9.98 Å². The highest BCUT2D eigenvalue weighted by Crippen LogP contribution is 2.17. The molecule has 1 aliphatic rings. The Bertz CT molecular complexity index is 468. The van der Waals surface area contributed by atoms with Crippen molar-refractivity contribution in [1.82, 2.24) is 15.6 Å². The van der Waals surface area contributed by atoms with Gasteiger partial charge in [0.25, 0.3) is 0 Å². The molecule has 2 rings (SSSR count). The summed E-state index contributed by atoms with van der Waals surface area (Å²) < 4.78 is 5.05. The molecule has 0 atom stereocenters. The van der Waals surface area contributed by atoms with E-state index in [-0.39, 0.29) is 0 Å². The van der Waals surface area contributed by atoms with Gasteiger partial charge in [-0.15, -0.1) is 0 Å². The number of aliphatic imine (C=N–C) groups is 1. The zero-order chi connectivity index (χ0) is 16.3. The molecule has 0 unspecified atom stereocenters. The van der Waals surface area contributed by atoms with Gasteiger partial charge in [-0.1, -0.05) is 6.07 Å². The van der Waals surface area contributed by atoms with E-state index in [1.54, 1.807) is 7.11 Å². The van der Waals surface area contributed by atoms with Gasteiger partial charge in [0.2, 0.25) is 0 Å². The van der Waals surface area contributed by atoms with E-state index in [2.05, 4.69) is 44.6 Å². The number of pyridine rings is 1. The summed E-state index contributed by atoms with van der Waals surface area (Å²) in [6, 6.07) is 4.23. The third-order valence-corrected chi connectivity index (χ3v) is 3.82. The van der Waals surface area contributed by atoms with Crippen molar-refractivity contribution in [2.75, 3.05) is 44.8 Å². The van der Waals surface area contributed by atoms with E-state index in [0.29, 0.717) is 6.54 Å². The largest absolute Gasteiger partial charge is 0.385 e. The maximum Gasteiger partial charge on any atom is 0.191 e. The van der Waals surface area contributed by atoms with Gasteiger partial charge in [-0.05, 0) is 37.8 Å². The second kappa shape index (κ2) is 10.0. The molecule has 0 bridgehead atoms. The Morgan fingerprint density at radius 2 is 2.13 bits per heavy atom. The molecule has 1 saturated heterocycles. The Hall–Kier alpha value is -1.82. The topological polar surface area (TPSA) is 61.8 Å². The summed E-state index contributed by atoms with van der Waals surface area (Å²) in [4.78, 5) is 11.5. The molecular weight excluding hydrogens is 290 g/mol. The molecule has 0 amide bonds. The molecule has 1 aromatic heterocycles. The summed E-state index contributed by atoms with van der Waals surface area (Å²) in [6.45, 7) is 7.41. The van der Waals surface area contributed by atoms with Gasteiger partial charge < -0.3 is 20.3 Å². The van der Waals surface area contributed by atoms with Crippen LogP contribution in [0.5, 0.6) is 0 Å². The summed E-state index contributed by atoms with van der Waals surface area (Å²) in [5, 5.41) is 6.57. The van der Waals surface area contributed by atoms with E-state index >= 15 is 0 Å². The number of nitrogens with one attached hydrogen (secondary N) is 2. The third-order valence-electron chi connectivity index (χ3n) is 3.82. The first-order chi connectivity index (χ1) is 11.3. The molecule has 6 nitrogen and oxygen atoms in total. The minimum Gasteiger partial charge on any atom is -0.385 e. The summed E-state index contributed by atoms with van der Waals surface area (Å²) >= 11 is 0. The molecule has 0 spiro atoms. The molecular formula is C17H29N5O. The summed E-state index contributed by atoms with van der Waals surface area (Å²) in [6.07, 6.45) is 5.45. The maximum absolute atomic E-state index is 5.05. The standard InChI is InChI=1S/C17H29N5O/c1-3-18-17(19-9-6-12-23-2)21-14-15-7-8-16(20-13-15)22-10-4-5-11-22/h7-8,13H,3-6,9-12,14H2,1-2H3,(H2,18,19,21). The smallest absolute Gasteiger partial charge is 0.191 e. The van der Waals surface area contributed by atoms with Gasteiger partial charge in [0.05, 0.1) is 6.54 Å². The fraction of sp³-hybridized carbons (Fsp3) is 0.647. The summed E-state index contributed by atoms with van der Waals surface area (Å²) in [7, 11) is 1.72. The molecule has 0 aliphatic carbocycles. The third kappa shape index (κ3) is 6.06. The first kappa shape index (κ1) is 17.5. The average molecular weight is 319 g/mol. The maximum atomic E-state index is 5.05. The van der Waals surface area contributed by atoms with Crippen molar-refractivity contribution in [2.24, 2.45) is 4.99 Å². The predicted octanol–water partition coefficient (Wildman–Crippen LogP) is 1.77. The van der Waals surface area contributed by atoms with Crippen LogP contribution >= 0.6 is 0 Å². The Labute approximate surface area is 139 Å². The Morgan fingerprint density at radius 1 is 1.30 bits per heavy atom. The normalized spacial score (nSPS) is 15.0. The van der Waals surface area contributed by atoms with Crippen molar-refractivity contribution < 1.29 is 4.74 Å². The summed E-state index contributed by atoms with van der Waals surface area (Å²) in [5.74, 6) is 1.92. The minimum atomic E-state index is 0.632. The Kier molecular flexibility index (Phi) is 7.66. The van der Waals surface area contributed by atoms with Crippen molar-refractivity contribution >= 4 is 11.8 Å². The van der Waals surface area contributed by atoms with Crippen LogP contribution in [-0.2, 0) is 11.3 Å². The zero-order valence-corrected chi connectivity index (χ0v) is 14.3. The molecule has 0 saturated carbocycles. The Balaban J connectivity index is 1.84. The molecule has 0 aromatic carbocycles. The van der Waals surface area contributed by atoms with E-state index in [0.717, 1.165) is 56.5 Å². The molecule has 2 heterocycles. The number of methoxy groups -OCH3 is 1. The zero-order valence-electron chi connectivity index (χ0n) is 14.3. The van der Waals surface area contributed by atoms with E-state index in [4.69, 9.17) is 4.74 Å². The SMILES string of the molecule is CCNC(=NCc1ccc(N2CCCC2)nc1)NCCCOC. The number of nitrogens with zero attached hydrogens (tertiary/aromatic N) is 3. The van der Waals surface area contributed by atoms with Crippen LogP contribution in [0.2, 0.25) is 0 Å². The van der Waals surface area contributed by atoms with Crippen molar-refractivity contribution in [3.63, 3.8) is 0 Å². The lowest BCUT2D eigenvalue weighted by atomic mass is 10.3. The van der Waals surface area contributed by atoms with Gasteiger partial charge in [0.15, 0.2) is 5.96 Å². The highest BCUT2D eigenvalue weighted by Gasteiger charge is 2.12. The van der Waals surface area contributed by atoms with Crippen LogP contribution in [0.3, 0.4) is 0 Å². The molecule has 23 heavy (non-hydrogen) atoms. The van der Waals surface area contributed by atoms with Crippen LogP contribution < -0.4 is 15.5 Å². The lowest BCUT2D eigenvalue weighted by molar-refractivity contribution is 0.195. The first-order valence-corrected chi connectivity index (χ1v) is 8.54. The number of aromatic nitrogens is 1. The lowest BCUT2D eigenvalue weighted by Gasteiger charge is -2.16. The molecule has 1 fully saturated rings. The van der Waals surface area contributed by atoms with Crippen LogP contribution in [0.15, 0.2) is 23.3 Å². The van der Waals surface area contributed by atoms with Crippen molar-refractivity contribution in [2.45, 2.75) is 32.7 Å². The molecule has 128 valence electrons. The number of guanidine groups is 1. The number of hydrogen-bond acceptors (Lipinski definition) is 4.